The van der Waals surface area contributed by atoms with E-state index in [9.17, 15) is 4.79 Å². The Morgan fingerprint density at radius 3 is 2.75 bits per heavy atom. The quantitative estimate of drug-likeness (QED) is 0.218. The van der Waals surface area contributed by atoms with Gasteiger partial charge >= 0.3 is 0 Å². The highest BCUT2D eigenvalue weighted by Gasteiger charge is 2.24. The summed E-state index contributed by atoms with van der Waals surface area (Å²) in [6.45, 7) is 13.5. The Balaban J connectivity index is 0.00000392. The van der Waals surface area contributed by atoms with E-state index in [0.717, 1.165) is 64.4 Å². The van der Waals surface area contributed by atoms with Crippen molar-refractivity contribution in [3.63, 3.8) is 0 Å². The number of halogens is 1. The fraction of sp³-hybridized carbons (Fsp3) is 0.905. The Kier molecular flexibility index (Phi) is 13.1. The maximum absolute atomic E-state index is 12.1. The second-order valence-electron chi connectivity index (χ2n) is 8.38. The van der Waals surface area contributed by atoms with Gasteiger partial charge in [0.1, 0.15) is 0 Å². The first-order chi connectivity index (χ1) is 13.1. The van der Waals surface area contributed by atoms with Crippen molar-refractivity contribution in [3.05, 3.63) is 0 Å². The zero-order valence-corrected chi connectivity index (χ0v) is 20.5. The summed E-state index contributed by atoms with van der Waals surface area (Å²) in [5, 5.41) is 6.81. The number of hydrogen-bond donors (Lipinski definition) is 2. The number of hydrogen-bond acceptors (Lipinski definition) is 3. The first kappa shape index (κ1) is 25.5. The van der Waals surface area contributed by atoms with Crippen LogP contribution in [-0.2, 0) is 4.79 Å². The van der Waals surface area contributed by atoms with Gasteiger partial charge in [-0.2, -0.15) is 0 Å². The molecule has 0 aromatic carbocycles. The molecular formula is C21H42IN5O. The van der Waals surface area contributed by atoms with Crippen LogP contribution < -0.4 is 10.6 Å². The summed E-state index contributed by atoms with van der Waals surface area (Å²) in [5.74, 6) is 1.96. The topological polar surface area (TPSA) is 60.0 Å². The van der Waals surface area contributed by atoms with E-state index in [1.165, 1.54) is 32.4 Å². The fourth-order valence-electron chi connectivity index (χ4n) is 4.10. The van der Waals surface area contributed by atoms with Gasteiger partial charge in [0.2, 0.25) is 5.91 Å². The molecule has 2 aliphatic rings. The molecule has 28 heavy (non-hydrogen) atoms. The minimum Gasteiger partial charge on any atom is -0.357 e. The second-order valence-corrected chi connectivity index (χ2v) is 8.38. The zero-order chi connectivity index (χ0) is 19.5. The molecule has 2 fully saturated rings. The third kappa shape index (κ3) is 9.29. The summed E-state index contributed by atoms with van der Waals surface area (Å²) < 4.78 is 0. The number of likely N-dealkylation sites (tertiary alicyclic amines) is 2. The second kappa shape index (κ2) is 14.4. The molecule has 7 heteroatoms. The molecule has 6 nitrogen and oxygen atoms in total. The van der Waals surface area contributed by atoms with Gasteiger partial charge in [0.25, 0.3) is 0 Å². The van der Waals surface area contributed by atoms with E-state index in [1.807, 2.05) is 4.90 Å². The summed E-state index contributed by atoms with van der Waals surface area (Å²) in [6, 6.07) is 0.581. The predicted molar refractivity (Wildman–Crippen MR) is 128 cm³/mol. The first-order valence-corrected chi connectivity index (χ1v) is 11.1. The maximum atomic E-state index is 12.1. The minimum atomic E-state index is 0. The third-order valence-corrected chi connectivity index (χ3v) is 5.47. The molecule has 0 bridgehead atoms. The number of nitrogens with one attached hydrogen (secondary N) is 2. The molecule has 1 atom stereocenters. The largest absolute Gasteiger partial charge is 0.357 e. The van der Waals surface area contributed by atoms with E-state index in [4.69, 9.17) is 4.99 Å². The average molecular weight is 508 g/mol. The maximum Gasteiger partial charge on any atom is 0.222 e. The molecule has 0 unspecified atom stereocenters. The monoisotopic (exact) mass is 507 g/mol. The van der Waals surface area contributed by atoms with Gasteiger partial charge in [-0.15, -0.1) is 24.0 Å². The van der Waals surface area contributed by atoms with Gasteiger partial charge < -0.3 is 15.5 Å². The highest BCUT2D eigenvalue weighted by molar-refractivity contribution is 14.0. The van der Waals surface area contributed by atoms with Crippen LogP contribution in [0.3, 0.4) is 0 Å². The summed E-state index contributed by atoms with van der Waals surface area (Å²) in [4.78, 5) is 21.5. The van der Waals surface area contributed by atoms with Gasteiger partial charge in [0.15, 0.2) is 5.96 Å². The highest BCUT2D eigenvalue weighted by Crippen LogP contribution is 2.18. The van der Waals surface area contributed by atoms with Gasteiger partial charge in [0, 0.05) is 45.2 Å². The number of guanidine groups is 1. The fourth-order valence-corrected chi connectivity index (χ4v) is 4.10. The molecule has 0 spiro atoms. The van der Waals surface area contributed by atoms with Gasteiger partial charge in [0.05, 0.1) is 6.54 Å². The Bertz CT molecular complexity index is 472. The van der Waals surface area contributed by atoms with E-state index in [2.05, 4.69) is 36.3 Å². The van der Waals surface area contributed by atoms with E-state index in [1.54, 1.807) is 0 Å². The Morgan fingerprint density at radius 2 is 2.00 bits per heavy atom. The van der Waals surface area contributed by atoms with Crippen molar-refractivity contribution < 1.29 is 4.79 Å². The molecule has 2 rings (SSSR count). The van der Waals surface area contributed by atoms with Crippen LogP contribution in [0.4, 0.5) is 0 Å². The van der Waals surface area contributed by atoms with Gasteiger partial charge in [-0.3, -0.25) is 14.7 Å². The normalized spacial score (nSPS) is 21.6. The molecule has 2 N–H and O–H groups in total. The number of amides is 1. The molecule has 2 saturated heterocycles. The Morgan fingerprint density at radius 1 is 1.18 bits per heavy atom. The molecule has 0 aromatic rings. The van der Waals surface area contributed by atoms with Crippen molar-refractivity contribution in [1.82, 2.24) is 20.4 Å². The van der Waals surface area contributed by atoms with Crippen molar-refractivity contribution in [1.29, 1.82) is 0 Å². The van der Waals surface area contributed by atoms with Crippen LogP contribution in [0.2, 0.25) is 0 Å². The smallest absolute Gasteiger partial charge is 0.222 e. The molecule has 164 valence electrons. The van der Waals surface area contributed by atoms with E-state index < -0.39 is 0 Å². The summed E-state index contributed by atoms with van der Waals surface area (Å²) in [6.07, 6.45) is 7.64. The standard InChI is InChI=1S/C21H41N5O.HI/c1-4-22-21(24-16-19-10-8-14-26(19)17-18(2)3)23-12-9-15-25-13-7-5-6-11-20(25)27;/h18-19H,4-17H2,1-3H3,(H2,22,23,24);1H/t19-;/m1./s1. The molecule has 0 radical (unpaired) electrons. The number of rotatable bonds is 9. The molecule has 0 aliphatic carbocycles. The van der Waals surface area contributed by atoms with Crippen molar-refractivity contribution >= 4 is 35.8 Å². The lowest BCUT2D eigenvalue weighted by atomic mass is 10.2. The first-order valence-electron chi connectivity index (χ1n) is 11.1. The van der Waals surface area contributed by atoms with Crippen LogP contribution >= 0.6 is 24.0 Å². The van der Waals surface area contributed by atoms with Crippen molar-refractivity contribution in [3.8, 4) is 0 Å². The highest BCUT2D eigenvalue weighted by atomic mass is 127. The summed E-state index contributed by atoms with van der Waals surface area (Å²) >= 11 is 0. The van der Waals surface area contributed by atoms with Crippen LogP contribution in [0.15, 0.2) is 4.99 Å². The molecule has 0 saturated carbocycles. The third-order valence-electron chi connectivity index (χ3n) is 5.47. The van der Waals surface area contributed by atoms with Gasteiger partial charge in [-0.05, 0) is 51.5 Å². The molecule has 1 amide bonds. The Labute approximate surface area is 189 Å². The predicted octanol–water partition coefficient (Wildman–Crippen LogP) is 3.07. The van der Waals surface area contributed by atoms with E-state index in [-0.39, 0.29) is 24.0 Å². The van der Waals surface area contributed by atoms with Crippen LogP contribution in [0.1, 0.15) is 65.7 Å². The van der Waals surface area contributed by atoms with Crippen molar-refractivity contribution in [2.45, 2.75) is 71.8 Å². The molecule has 2 aliphatic heterocycles. The SMILES string of the molecule is CCNC(=NC[C@H]1CCCN1CC(C)C)NCCCN1CCCCCC1=O.I. The average Bonchev–Trinajstić information content (AvgIpc) is 2.96. The van der Waals surface area contributed by atoms with Gasteiger partial charge in [-0.1, -0.05) is 20.3 Å². The number of carbonyl (C=O) groups excluding carboxylic acids is 1. The summed E-state index contributed by atoms with van der Waals surface area (Å²) in [5.41, 5.74) is 0. The van der Waals surface area contributed by atoms with Crippen LogP contribution in [0, 0.1) is 5.92 Å². The number of aliphatic imine (C=N–C) groups is 1. The molecular weight excluding hydrogens is 465 g/mol. The minimum absolute atomic E-state index is 0. The molecule has 2 heterocycles. The lowest BCUT2D eigenvalue weighted by Crippen LogP contribution is -2.41. The lowest BCUT2D eigenvalue weighted by molar-refractivity contribution is -0.130. The van der Waals surface area contributed by atoms with Crippen molar-refractivity contribution in [2.75, 3.05) is 45.8 Å². The van der Waals surface area contributed by atoms with Crippen LogP contribution in [0.5, 0.6) is 0 Å². The number of nitrogens with zero attached hydrogens (tertiary/aromatic N) is 3. The van der Waals surface area contributed by atoms with Crippen LogP contribution in [0.25, 0.3) is 0 Å². The van der Waals surface area contributed by atoms with Crippen LogP contribution in [-0.4, -0.2) is 73.5 Å². The van der Waals surface area contributed by atoms with E-state index >= 15 is 0 Å². The molecule has 0 aromatic heterocycles. The lowest BCUT2D eigenvalue weighted by Gasteiger charge is -2.25. The number of carbonyl (C=O) groups is 1. The zero-order valence-electron chi connectivity index (χ0n) is 18.2. The van der Waals surface area contributed by atoms with E-state index in [0.29, 0.717) is 17.9 Å². The van der Waals surface area contributed by atoms with Crippen molar-refractivity contribution in [2.24, 2.45) is 10.9 Å². The Hall–Kier alpha value is -0.570. The summed E-state index contributed by atoms with van der Waals surface area (Å²) in [7, 11) is 0. The van der Waals surface area contributed by atoms with Gasteiger partial charge in [-0.25, -0.2) is 0 Å².